The molecule has 3 rings (SSSR count). The summed E-state index contributed by atoms with van der Waals surface area (Å²) in [6, 6.07) is 12.2. The topological polar surface area (TPSA) is 93.7 Å². The summed E-state index contributed by atoms with van der Waals surface area (Å²) < 4.78 is 45.7. The standard InChI is InChI=1S/C22H21F3N2O5/c23-22(24,25)13-31-11-14-4-6-15(7-5-14)21(30)32-12-19(28)26-18-3-1-2-16(10-18)20(29)27-17-8-9-17/h1-7,10,17H,8-9,11-13H2,(H,26,28)(H,27,29). The van der Waals surface area contributed by atoms with Crippen molar-refractivity contribution in [3.8, 4) is 0 Å². The highest BCUT2D eigenvalue weighted by atomic mass is 19.4. The molecule has 1 fully saturated rings. The number of benzene rings is 2. The molecule has 7 nitrogen and oxygen atoms in total. The van der Waals surface area contributed by atoms with Crippen molar-refractivity contribution >= 4 is 23.5 Å². The van der Waals surface area contributed by atoms with Crippen LogP contribution in [0.2, 0.25) is 0 Å². The molecule has 1 aliphatic rings. The molecule has 1 saturated carbocycles. The van der Waals surface area contributed by atoms with Gasteiger partial charge in [-0.25, -0.2) is 4.79 Å². The number of carbonyl (C=O) groups is 3. The van der Waals surface area contributed by atoms with Gasteiger partial charge in [0.15, 0.2) is 6.61 Å². The van der Waals surface area contributed by atoms with Gasteiger partial charge in [0.2, 0.25) is 0 Å². The fourth-order valence-corrected chi connectivity index (χ4v) is 2.67. The third kappa shape index (κ3) is 7.69. The zero-order valence-electron chi connectivity index (χ0n) is 16.9. The fourth-order valence-electron chi connectivity index (χ4n) is 2.67. The number of amides is 2. The summed E-state index contributed by atoms with van der Waals surface area (Å²) >= 11 is 0. The average Bonchev–Trinajstić information content (AvgIpc) is 3.56. The van der Waals surface area contributed by atoms with Crippen LogP contribution >= 0.6 is 0 Å². The van der Waals surface area contributed by atoms with Gasteiger partial charge in [0.05, 0.1) is 12.2 Å². The normalized spacial score (nSPS) is 13.3. The molecule has 0 radical (unpaired) electrons. The van der Waals surface area contributed by atoms with Crippen LogP contribution in [0.3, 0.4) is 0 Å². The lowest BCUT2D eigenvalue weighted by molar-refractivity contribution is -0.176. The van der Waals surface area contributed by atoms with E-state index in [9.17, 15) is 27.6 Å². The van der Waals surface area contributed by atoms with Crippen LogP contribution in [0.15, 0.2) is 48.5 Å². The van der Waals surface area contributed by atoms with E-state index in [2.05, 4.69) is 15.4 Å². The molecule has 0 unspecified atom stereocenters. The van der Waals surface area contributed by atoms with E-state index in [4.69, 9.17) is 4.74 Å². The second kappa shape index (κ2) is 10.3. The van der Waals surface area contributed by atoms with Crippen molar-refractivity contribution in [2.24, 2.45) is 0 Å². The van der Waals surface area contributed by atoms with E-state index < -0.39 is 31.3 Å². The molecule has 2 amide bonds. The fraction of sp³-hybridized carbons (Fsp3) is 0.318. The second-order valence-corrected chi connectivity index (χ2v) is 7.26. The predicted octanol–water partition coefficient (Wildman–Crippen LogP) is 3.45. The lowest BCUT2D eigenvalue weighted by atomic mass is 10.1. The van der Waals surface area contributed by atoms with Crippen LogP contribution in [0.4, 0.5) is 18.9 Å². The van der Waals surface area contributed by atoms with Crippen molar-refractivity contribution in [2.45, 2.75) is 31.7 Å². The maximum Gasteiger partial charge on any atom is 0.411 e. The number of halogens is 3. The minimum atomic E-state index is -4.41. The predicted molar refractivity (Wildman–Crippen MR) is 108 cm³/mol. The molecule has 170 valence electrons. The summed E-state index contributed by atoms with van der Waals surface area (Å²) in [5.74, 6) is -1.57. The molecule has 32 heavy (non-hydrogen) atoms. The molecule has 2 N–H and O–H groups in total. The third-order valence-electron chi connectivity index (χ3n) is 4.38. The first-order valence-electron chi connectivity index (χ1n) is 9.81. The molecule has 0 atom stereocenters. The Balaban J connectivity index is 1.44. The number of carbonyl (C=O) groups excluding carboxylic acids is 3. The first-order chi connectivity index (χ1) is 15.2. The van der Waals surface area contributed by atoms with E-state index >= 15 is 0 Å². The molecule has 0 aliphatic heterocycles. The van der Waals surface area contributed by atoms with Crippen molar-refractivity contribution < 1.29 is 37.0 Å². The van der Waals surface area contributed by atoms with E-state index in [-0.39, 0.29) is 24.1 Å². The lowest BCUT2D eigenvalue weighted by Gasteiger charge is -2.09. The van der Waals surface area contributed by atoms with Crippen molar-refractivity contribution in [3.63, 3.8) is 0 Å². The van der Waals surface area contributed by atoms with E-state index in [1.165, 1.54) is 30.3 Å². The average molecular weight is 450 g/mol. The first kappa shape index (κ1) is 23.3. The summed E-state index contributed by atoms with van der Waals surface area (Å²) in [4.78, 5) is 36.2. The number of nitrogens with one attached hydrogen (secondary N) is 2. The second-order valence-electron chi connectivity index (χ2n) is 7.26. The highest BCUT2D eigenvalue weighted by Gasteiger charge is 2.27. The number of rotatable bonds is 9. The van der Waals surface area contributed by atoms with Crippen LogP contribution in [0, 0.1) is 0 Å². The Morgan fingerprint density at radius 2 is 1.72 bits per heavy atom. The Morgan fingerprint density at radius 1 is 1.00 bits per heavy atom. The Bertz CT molecular complexity index is 972. The largest absolute Gasteiger partial charge is 0.452 e. The quantitative estimate of drug-likeness (QED) is 0.571. The zero-order chi connectivity index (χ0) is 23.1. The molecular weight excluding hydrogens is 429 g/mol. The van der Waals surface area contributed by atoms with Gasteiger partial charge in [0.25, 0.3) is 11.8 Å². The molecule has 0 spiro atoms. The van der Waals surface area contributed by atoms with Crippen LogP contribution in [-0.4, -0.2) is 43.2 Å². The Labute approximate surface area is 181 Å². The maximum atomic E-state index is 12.1. The molecule has 0 saturated heterocycles. The molecule has 1 aliphatic carbocycles. The molecule has 10 heteroatoms. The van der Waals surface area contributed by atoms with Gasteiger partial charge in [-0.2, -0.15) is 13.2 Å². The number of alkyl halides is 3. The van der Waals surface area contributed by atoms with Crippen molar-refractivity contribution in [2.75, 3.05) is 18.5 Å². The van der Waals surface area contributed by atoms with Crippen LogP contribution in [0.1, 0.15) is 39.1 Å². The number of anilines is 1. The molecule has 0 bridgehead atoms. The lowest BCUT2D eigenvalue weighted by Crippen LogP contribution is -2.25. The van der Waals surface area contributed by atoms with Crippen molar-refractivity contribution in [3.05, 3.63) is 65.2 Å². The van der Waals surface area contributed by atoms with E-state index in [1.807, 2.05) is 0 Å². The summed E-state index contributed by atoms with van der Waals surface area (Å²) in [5, 5.41) is 5.40. The molecule has 2 aromatic rings. The van der Waals surface area contributed by atoms with Gasteiger partial charge in [-0.05, 0) is 48.7 Å². The summed E-state index contributed by atoms with van der Waals surface area (Å²) in [6.45, 7) is -2.16. The third-order valence-corrected chi connectivity index (χ3v) is 4.38. The summed E-state index contributed by atoms with van der Waals surface area (Å²) in [6.07, 6.45) is -2.49. The van der Waals surface area contributed by atoms with E-state index in [0.717, 1.165) is 12.8 Å². The minimum absolute atomic E-state index is 0.135. The molecule has 2 aromatic carbocycles. The zero-order valence-corrected chi connectivity index (χ0v) is 16.9. The van der Waals surface area contributed by atoms with Crippen molar-refractivity contribution in [1.82, 2.24) is 5.32 Å². The van der Waals surface area contributed by atoms with Crippen LogP contribution in [0.5, 0.6) is 0 Å². The van der Waals surface area contributed by atoms with Crippen LogP contribution < -0.4 is 10.6 Å². The minimum Gasteiger partial charge on any atom is -0.452 e. The van der Waals surface area contributed by atoms with E-state index in [0.29, 0.717) is 16.8 Å². The molecule has 0 heterocycles. The van der Waals surface area contributed by atoms with Gasteiger partial charge >= 0.3 is 12.1 Å². The smallest absolute Gasteiger partial charge is 0.411 e. The Morgan fingerprint density at radius 3 is 2.38 bits per heavy atom. The summed E-state index contributed by atoms with van der Waals surface area (Å²) in [5.41, 5.74) is 1.38. The Hall–Kier alpha value is -3.40. The molecule has 0 aromatic heterocycles. The van der Waals surface area contributed by atoms with Gasteiger partial charge in [-0.3, -0.25) is 9.59 Å². The Kier molecular flexibility index (Phi) is 7.47. The highest BCUT2D eigenvalue weighted by Crippen LogP contribution is 2.20. The van der Waals surface area contributed by atoms with Gasteiger partial charge in [0, 0.05) is 17.3 Å². The first-order valence-corrected chi connectivity index (χ1v) is 9.81. The van der Waals surface area contributed by atoms with Crippen LogP contribution in [-0.2, 0) is 20.9 Å². The van der Waals surface area contributed by atoms with Gasteiger partial charge < -0.3 is 20.1 Å². The number of esters is 1. The van der Waals surface area contributed by atoms with E-state index in [1.54, 1.807) is 18.2 Å². The monoisotopic (exact) mass is 450 g/mol. The van der Waals surface area contributed by atoms with Crippen molar-refractivity contribution in [1.29, 1.82) is 0 Å². The number of hydrogen-bond donors (Lipinski definition) is 2. The van der Waals surface area contributed by atoms with Gasteiger partial charge in [-0.15, -0.1) is 0 Å². The maximum absolute atomic E-state index is 12.1. The van der Waals surface area contributed by atoms with Gasteiger partial charge in [-0.1, -0.05) is 18.2 Å². The number of hydrogen-bond acceptors (Lipinski definition) is 5. The highest BCUT2D eigenvalue weighted by molar-refractivity contribution is 5.98. The SMILES string of the molecule is O=C(COC(=O)c1ccc(COCC(F)(F)F)cc1)Nc1cccc(C(=O)NC2CC2)c1. The van der Waals surface area contributed by atoms with Gasteiger partial charge in [0.1, 0.15) is 6.61 Å². The summed E-state index contributed by atoms with van der Waals surface area (Å²) in [7, 11) is 0. The number of ether oxygens (including phenoxy) is 2. The van der Waals surface area contributed by atoms with Crippen LogP contribution in [0.25, 0.3) is 0 Å². The molecular formula is C22H21F3N2O5.